The van der Waals surface area contributed by atoms with Gasteiger partial charge in [-0.15, -0.1) is 10.2 Å². The van der Waals surface area contributed by atoms with Crippen LogP contribution in [0.1, 0.15) is 44.6 Å². The Kier molecular flexibility index (Phi) is 2.24. The number of rotatable bonds is 2. The minimum atomic E-state index is -0.671. The van der Waals surface area contributed by atoms with E-state index in [0.717, 1.165) is 0 Å². The molecule has 0 aliphatic rings. The van der Waals surface area contributed by atoms with E-state index in [4.69, 9.17) is 9.52 Å². The molecule has 0 amide bonds. The lowest BCUT2D eigenvalue weighted by Gasteiger charge is -1.96. The van der Waals surface area contributed by atoms with E-state index in [1.54, 1.807) is 6.92 Å². The summed E-state index contributed by atoms with van der Waals surface area (Å²) >= 11 is 0. The molecule has 62 valence electrons. The number of aromatic nitrogens is 2. The average Bonchev–Trinajstić information content (AvgIpc) is 2.33. The quantitative estimate of drug-likeness (QED) is 0.700. The van der Waals surface area contributed by atoms with Crippen molar-refractivity contribution in [3.8, 4) is 0 Å². The van der Waals surface area contributed by atoms with Crippen LogP contribution < -0.4 is 0 Å². The first-order chi connectivity index (χ1) is 5.11. The summed E-state index contributed by atoms with van der Waals surface area (Å²) in [5.41, 5.74) is 0. The molecule has 1 heterocycles. The summed E-state index contributed by atoms with van der Waals surface area (Å²) in [5, 5.41) is 16.5. The molecule has 0 aliphatic carbocycles. The predicted molar refractivity (Wildman–Crippen MR) is 39.0 cm³/mol. The molecule has 1 atom stereocenters. The Morgan fingerprint density at radius 3 is 2.00 bits per heavy atom. The normalized spacial score (nSPS) is 13.9. The highest BCUT2D eigenvalue weighted by Gasteiger charge is 2.12. The monoisotopic (exact) mass is 156 g/mol. The maximum Gasteiger partial charge on any atom is 0.244 e. The van der Waals surface area contributed by atoms with Gasteiger partial charge in [-0.25, -0.2) is 0 Å². The zero-order chi connectivity index (χ0) is 8.43. The topological polar surface area (TPSA) is 59.2 Å². The van der Waals surface area contributed by atoms with Gasteiger partial charge in [0, 0.05) is 5.92 Å². The number of aliphatic hydroxyl groups excluding tert-OH is 1. The van der Waals surface area contributed by atoms with Crippen molar-refractivity contribution in [3.63, 3.8) is 0 Å². The van der Waals surface area contributed by atoms with Crippen molar-refractivity contribution in [2.45, 2.75) is 32.8 Å². The standard InChI is InChI=1S/C7H12N2O2/c1-4(2)6-8-9-7(11-6)5(3)10/h4-5,10H,1-3H3. The Bertz CT molecular complexity index is 208. The highest BCUT2D eigenvalue weighted by molar-refractivity contribution is 4.88. The highest BCUT2D eigenvalue weighted by atomic mass is 16.4. The Morgan fingerprint density at radius 2 is 1.73 bits per heavy atom. The lowest BCUT2D eigenvalue weighted by atomic mass is 10.2. The fraction of sp³-hybridized carbons (Fsp3) is 0.714. The van der Waals surface area contributed by atoms with E-state index < -0.39 is 6.10 Å². The molecule has 0 fully saturated rings. The van der Waals surface area contributed by atoms with Crippen molar-refractivity contribution in [2.24, 2.45) is 0 Å². The third kappa shape index (κ3) is 1.77. The summed E-state index contributed by atoms with van der Waals surface area (Å²) in [6.07, 6.45) is -0.671. The van der Waals surface area contributed by atoms with Gasteiger partial charge in [-0.1, -0.05) is 13.8 Å². The van der Waals surface area contributed by atoms with Crippen LogP contribution in [-0.2, 0) is 0 Å². The maximum atomic E-state index is 9.02. The molecule has 0 aromatic carbocycles. The Balaban J connectivity index is 2.82. The van der Waals surface area contributed by atoms with Crippen molar-refractivity contribution in [3.05, 3.63) is 11.8 Å². The van der Waals surface area contributed by atoms with Gasteiger partial charge in [0.2, 0.25) is 11.8 Å². The molecule has 0 saturated carbocycles. The van der Waals surface area contributed by atoms with Crippen molar-refractivity contribution < 1.29 is 9.52 Å². The van der Waals surface area contributed by atoms with Crippen LogP contribution in [0.5, 0.6) is 0 Å². The second-order valence-corrected chi connectivity index (χ2v) is 2.81. The molecule has 1 aromatic heterocycles. The van der Waals surface area contributed by atoms with E-state index in [9.17, 15) is 0 Å². The summed E-state index contributed by atoms with van der Waals surface area (Å²) in [7, 11) is 0. The van der Waals surface area contributed by atoms with Gasteiger partial charge in [0.25, 0.3) is 0 Å². The van der Waals surface area contributed by atoms with Gasteiger partial charge in [-0.2, -0.15) is 0 Å². The molecule has 0 bridgehead atoms. The SMILES string of the molecule is CC(C)c1nnc(C(C)O)o1. The molecule has 4 heteroatoms. The van der Waals surface area contributed by atoms with E-state index >= 15 is 0 Å². The van der Waals surface area contributed by atoms with E-state index in [2.05, 4.69) is 10.2 Å². The van der Waals surface area contributed by atoms with Crippen LogP contribution in [0.15, 0.2) is 4.42 Å². The average molecular weight is 156 g/mol. The van der Waals surface area contributed by atoms with Gasteiger partial charge in [0.05, 0.1) is 0 Å². The summed E-state index contributed by atoms with van der Waals surface area (Å²) < 4.78 is 5.13. The van der Waals surface area contributed by atoms with Gasteiger partial charge >= 0.3 is 0 Å². The molecular weight excluding hydrogens is 144 g/mol. The molecule has 1 N–H and O–H groups in total. The Hall–Kier alpha value is -0.900. The molecule has 1 rings (SSSR count). The van der Waals surface area contributed by atoms with Crippen LogP contribution in [-0.4, -0.2) is 15.3 Å². The third-order valence-corrected chi connectivity index (χ3v) is 1.31. The lowest BCUT2D eigenvalue weighted by Crippen LogP contribution is -1.89. The van der Waals surface area contributed by atoms with Gasteiger partial charge in [0.1, 0.15) is 6.10 Å². The fourth-order valence-electron chi connectivity index (χ4n) is 0.649. The maximum absolute atomic E-state index is 9.02. The second-order valence-electron chi connectivity index (χ2n) is 2.81. The van der Waals surface area contributed by atoms with Gasteiger partial charge in [-0.3, -0.25) is 0 Å². The number of hydrogen-bond donors (Lipinski definition) is 1. The molecule has 0 spiro atoms. The van der Waals surface area contributed by atoms with Gasteiger partial charge in [-0.05, 0) is 6.92 Å². The molecule has 1 aromatic rings. The van der Waals surface area contributed by atoms with Crippen LogP contribution >= 0.6 is 0 Å². The summed E-state index contributed by atoms with van der Waals surface area (Å²) in [5.74, 6) is 1.07. The largest absolute Gasteiger partial charge is 0.422 e. The molecule has 11 heavy (non-hydrogen) atoms. The zero-order valence-electron chi connectivity index (χ0n) is 6.90. The van der Waals surface area contributed by atoms with E-state index in [-0.39, 0.29) is 11.8 Å². The summed E-state index contributed by atoms with van der Waals surface area (Å²) in [4.78, 5) is 0. The van der Waals surface area contributed by atoms with Crippen LogP contribution in [0.3, 0.4) is 0 Å². The zero-order valence-corrected chi connectivity index (χ0v) is 6.90. The third-order valence-electron chi connectivity index (χ3n) is 1.31. The summed E-state index contributed by atoms with van der Waals surface area (Å²) in [6, 6.07) is 0. The summed E-state index contributed by atoms with van der Waals surface area (Å²) in [6.45, 7) is 5.51. The first kappa shape index (κ1) is 8.20. The van der Waals surface area contributed by atoms with Gasteiger partial charge in [0.15, 0.2) is 0 Å². The van der Waals surface area contributed by atoms with E-state index in [1.165, 1.54) is 0 Å². The smallest absolute Gasteiger partial charge is 0.244 e. The minimum Gasteiger partial charge on any atom is -0.422 e. The number of nitrogens with zero attached hydrogens (tertiary/aromatic N) is 2. The minimum absolute atomic E-state index is 0.218. The molecular formula is C7H12N2O2. The molecule has 0 saturated heterocycles. The highest BCUT2D eigenvalue weighted by Crippen LogP contribution is 2.15. The van der Waals surface area contributed by atoms with Gasteiger partial charge < -0.3 is 9.52 Å². The Labute approximate surface area is 65.3 Å². The second kappa shape index (κ2) is 3.00. The first-order valence-electron chi connectivity index (χ1n) is 3.62. The Morgan fingerprint density at radius 1 is 1.18 bits per heavy atom. The lowest BCUT2D eigenvalue weighted by molar-refractivity contribution is 0.160. The number of aliphatic hydroxyl groups is 1. The molecule has 1 unspecified atom stereocenters. The van der Waals surface area contributed by atoms with Crippen LogP contribution in [0.2, 0.25) is 0 Å². The molecule has 4 nitrogen and oxygen atoms in total. The van der Waals surface area contributed by atoms with Crippen molar-refractivity contribution in [2.75, 3.05) is 0 Å². The van der Waals surface area contributed by atoms with E-state index in [0.29, 0.717) is 5.89 Å². The van der Waals surface area contributed by atoms with Crippen molar-refractivity contribution in [1.29, 1.82) is 0 Å². The molecule has 0 radical (unpaired) electrons. The number of hydrogen-bond acceptors (Lipinski definition) is 4. The van der Waals surface area contributed by atoms with Crippen LogP contribution in [0, 0.1) is 0 Å². The predicted octanol–water partition coefficient (Wildman–Crippen LogP) is 1.25. The fourth-order valence-corrected chi connectivity index (χ4v) is 0.649. The van der Waals surface area contributed by atoms with Crippen molar-refractivity contribution in [1.82, 2.24) is 10.2 Å². The van der Waals surface area contributed by atoms with Crippen LogP contribution in [0.25, 0.3) is 0 Å². The van der Waals surface area contributed by atoms with E-state index in [1.807, 2.05) is 13.8 Å². The van der Waals surface area contributed by atoms with Crippen LogP contribution in [0.4, 0.5) is 0 Å². The first-order valence-corrected chi connectivity index (χ1v) is 3.62. The molecule has 0 aliphatic heterocycles. The van der Waals surface area contributed by atoms with Crippen molar-refractivity contribution >= 4 is 0 Å².